The van der Waals surface area contributed by atoms with Crippen LogP contribution in [0.5, 0.6) is 0 Å². The van der Waals surface area contributed by atoms with E-state index in [4.69, 9.17) is 11.6 Å². The van der Waals surface area contributed by atoms with E-state index in [0.29, 0.717) is 6.00 Å². The standard InChI is InChI=1S/C9H13ClN2/c1-9(2)4-3-7-5-12(6-10)11-8(7)9/h5H,3-4,6H2,1-2H3. The number of hydrogen-bond donors (Lipinski definition) is 0. The van der Waals surface area contributed by atoms with Crippen LogP contribution in [0.4, 0.5) is 0 Å². The van der Waals surface area contributed by atoms with Crippen LogP contribution in [0.3, 0.4) is 0 Å². The molecule has 1 heterocycles. The SMILES string of the molecule is CC1(C)CCc2cn(CCl)nc21. The van der Waals surface area contributed by atoms with E-state index in [2.05, 4.69) is 25.1 Å². The molecule has 1 aliphatic carbocycles. The zero-order chi connectivity index (χ0) is 8.77. The monoisotopic (exact) mass is 184 g/mol. The largest absolute Gasteiger partial charge is 0.257 e. The first-order valence-corrected chi connectivity index (χ1v) is 4.80. The van der Waals surface area contributed by atoms with Gasteiger partial charge in [-0.15, -0.1) is 11.6 Å². The highest BCUT2D eigenvalue weighted by atomic mass is 35.5. The Kier molecular flexibility index (Phi) is 1.69. The van der Waals surface area contributed by atoms with E-state index in [-0.39, 0.29) is 5.41 Å². The van der Waals surface area contributed by atoms with Gasteiger partial charge in [0.05, 0.1) is 5.69 Å². The van der Waals surface area contributed by atoms with Crippen LogP contribution in [0.15, 0.2) is 6.20 Å². The molecule has 0 spiro atoms. The predicted octanol–water partition coefficient (Wildman–Crippen LogP) is 2.30. The molecule has 0 atom stereocenters. The zero-order valence-electron chi connectivity index (χ0n) is 7.47. The Bertz CT molecular complexity index is 301. The van der Waals surface area contributed by atoms with Gasteiger partial charge in [0.2, 0.25) is 0 Å². The highest BCUT2D eigenvalue weighted by Gasteiger charge is 2.32. The van der Waals surface area contributed by atoms with Gasteiger partial charge in [-0.1, -0.05) is 13.8 Å². The van der Waals surface area contributed by atoms with Crippen LogP contribution < -0.4 is 0 Å². The summed E-state index contributed by atoms with van der Waals surface area (Å²) in [5, 5.41) is 4.45. The van der Waals surface area contributed by atoms with Gasteiger partial charge in [0, 0.05) is 11.6 Å². The second kappa shape index (κ2) is 2.49. The molecule has 0 amide bonds. The van der Waals surface area contributed by atoms with Crippen LogP contribution in [0.2, 0.25) is 0 Å². The van der Waals surface area contributed by atoms with Crippen molar-refractivity contribution in [3.63, 3.8) is 0 Å². The summed E-state index contributed by atoms with van der Waals surface area (Å²) in [5.74, 6) is 0. The number of nitrogens with zero attached hydrogens (tertiary/aromatic N) is 2. The molecule has 0 fully saturated rings. The molecule has 0 N–H and O–H groups in total. The normalized spacial score (nSPS) is 19.6. The van der Waals surface area contributed by atoms with Gasteiger partial charge in [-0.05, 0) is 18.4 Å². The van der Waals surface area contributed by atoms with E-state index in [9.17, 15) is 0 Å². The Hall–Kier alpha value is -0.500. The summed E-state index contributed by atoms with van der Waals surface area (Å²) in [5.41, 5.74) is 2.87. The van der Waals surface area contributed by atoms with Crippen molar-refractivity contribution in [1.82, 2.24) is 9.78 Å². The van der Waals surface area contributed by atoms with Crippen LogP contribution in [0.25, 0.3) is 0 Å². The molecule has 1 aromatic heterocycles. The van der Waals surface area contributed by atoms with E-state index in [1.807, 2.05) is 4.68 Å². The van der Waals surface area contributed by atoms with Crippen molar-refractivity contribution in [2.45, 2.75) is 38.1 Å². The highest BCUT2D eigenvalue weighted by Crippen LogP contribution is 2.36. The van der Waals surface area contributed by atoms with E-state index in [0.717, 1.165) is 6.42 Å². The predicted molar refractivity (Wildman–Crippen MR) is 49.4 cm³/mol. The minimum absolute atomic E-state index is 0.257. The fraction of sp³-hybridized carbons (Fsp3) is 0.667. The molecule has 0 aromatic carbocycles. The molecule has 0 aliphatic heterocycles. The molecule has 3 heteroatoms. The number of hydrogen-bond acceptors (Lipinski definition) is 1. The molecule has 0 saturated carbocycles. The quantitative estimate of drug-likeness (QED) is 0.613. The highest BCUT2D eigenvalue weighted by molar-refractivity contribution is 6.15. The summed E-state index contributed by atoms with van der Waals surface area (Å²) in [4.78, 5) is 0. The summed E-state index contributed by atoms with van der Waals surface area (Å²) in [6.45, 7) is 4.48. The van der Waals surface area contributed by atoms with Crippen molar-refractivity contribution < 1.29 is 0 Å². The number of halogens is 1. The van der Waals surface area contributed by atoms with Crippen molar-refractivity contribution in [3.8, 4) is 0 Å². The molecule has 0 unspecified atom stereocenters. The van der Waals surface area contributed by atoms with Crippen LogP contribution in [0.1, 0.15) is 31.5 Å². The lowest BCUT2D eigenvalue weighted by molar-refractivity contribution is 0.493. The number of rotatable bonds is 1. The first-order chi connectivity index (χ1) is 5.63. The Morgan fingerprint density at radius 1 is 1.67 bits per heavy atom. The second-order valence-electron chi connectivity index (χ2n) is 4.05. The maximum atomic E-state index is 5.69. The first kappa shape index (κ1) is 8.11. The lowest BCUT2D eigenvalue weighted by Crippen LogP contribution is -2.14. The van der Waals surface area contributed by atoms with Gasteiger partial charge in [-0.3, -0.25) is 4.68 Å². The maximum Gasteiger partial charge on any atom is 0.115 e. The van der Waals surface area contributed by atoms with Crippen LogP contribution in [-0.4, -0.2) is 9.78 Å². The summed E-state index contributed by atoms with van der Waals surface area (Å²) in [6.07, 6.45) is 4.43. The van der Waals surface area contributed by atoms with Crippen molar-refractivity contribution in [3.05, 3.63) is 17.5 Å². The van der Waals surface area contributed by atoms with Gasteiger partial charge in [-0.25, -0.2) is 0 Å². The summed E-state index contributed by atoms with van der Waals surface area (Å²) < 4.78 is 1.81. The Morgan fingerprint density at radius 2 is 2.42 bits per heavy atom. The summed E-state index contributed by atoms with van der Waals surface area (Å²) >= 11 is 5.69. The smallest absolute Gasteiger partial charge is 0.115 e. The molecule has 2 rings (SSSR count). The summed E-state index contributed by atoms with van der Waals surface area (Å²) in [7, 11) is 0. The van der Waals surface area contributed by atoms with Crippen molar-refractivity contribution in [1.29, 1.82) is 0 Å². The average molecular weight is 185 g/mol. The van der Waals surface area contributed by atoms with Crippen molar-refractivity contribution >= 4 is 11.6 Å². The van der Waals surface area contributed by atoms with Gasteiger partial charge in [0.25, 0.3) is 0 Å². The third kappa shape index (κ3) is 1.06. The Balaban J connectivity index is 2.44. The first-order valence-electron chi connectivity index (χ1n) is 4.26. The lowest BCUT2D eigenvalue weighted by atomic mass is 9.91. The third-order valence-electron chi connectivity index (χ3n) is 2.62. The molecule has 12 heavy (non-hydrogen) atoms. The molecule has 0 bridgehead atoms. The van der Waals surface area contributed by atoms with E-state index in [1.165, 1.54) is 17.7 Å². The van der Waals surface area contributed by atoms with E-state index in [1.54, 1.807) is 0 Å². The molecular weight excluding hydrogens is 172 g/mol. The number of aryl methyl sites for hydroxylation is 1. The van der Waals surface area contributed by atoms with Crippen LogP contribution in [0, 0.1) is 0 Å². The van der Waals surface area contributed by atoms with Crippen molar-refractivity contribution in [2.75, 3.05) is 0 Å². The van der Waals surface area contributed by atoms with Gasteiger partial charge in [0.15, 0.2) is 0 Å². The van der Waals surface area contributed by atoms with Gasteiger partial charge < -0.3 is 0 Å². The molecular formula is C9H13ClN2. The fourth-order valence-corrected chi connectivity index (χ4v) is 1.96. The van der Waals surface area contributed by atoms with Gasteiger partial charge in [0.1, 0.15) is 6.00 Å². The fourth-order valence-electron chi connectivity index (χ4n) is 1.84. The zero-order valence-corrected chi connectivity index (χ0v) is 8.23. The van der Waals surface area contributed by atoms with E-state index < -0.39 is 0 Å². The minimum Gasteiger partial charge on any atom is -0.257 e. The average Bonchev–Trinajstić information content (AvgIpc) is 2.53. The maximum absolute atomic E-state index is 5.69. The minimum atomic E-state index is 0.257. The molecule has 1 aliphatic rings. The molecule has 1 aromatic rings. The molecule has 66 valence electrons. The molecule has 2 nitrogen and oxygen atoms in total. The lowest BCUT2D eigenvalue weighted by Gasteiger charge is -2.15. The summed E-state index contributed by atoms with van der Waals surface area (Å²) in [6, 6.07) is 0.461. The Labute approximate surface area is 77.5 Å². The number of aromatic nitrogens is 2. The van der Waals surface area contributed by atoms with Gasteiger partial charge >= 0.3 is 0 Å². The number of fused-ring (bicyclic) bond motifs is 1. The topological polar surface area (TPSA) is 17.8 Å². The molecule has 0 radical (unpaired) electrons. The Morgan fingerprint density at radius 3 is 3.00 bits per heavy atom. The van der Waals surface area contributed by atoms with Crippen molar-refractivity contribution in [2.24, 2.45) is 0 Å². The van der Waals surface area contributed by atoms with Gasteiger partial charge in [-0.2, -0.15) is 5.10 Å². The number of alkyl halides is 1. The second-order valence-corrected chi connectivity index (χ2v) is 4.28. The van der Waals surface area contributed by atoms with Crippen LogP contribution >= 0.6 is 11.6 Å². The third-order valence-corrected chi connectivity index (χ3v) is 2.87. The molecule has 0 saturated heterocycles. The van der Waals surface area contributed by atoms with E-state index >= 15 is 0 Å². The van der Waals surface area contributed by atoms with Crippen LogP contribution in [-0.2, 0) is 17.8 Å².